The minimum atomic E-state index is -0.514. The van der Waals surface area contributed by atoms with E-state index < -0.39 is 6.04 Å². The topological polar surface area (TPSA) is 112 Å². The molecule has 0 bridgehead atoms. The highest BCUT2D eigenvalue weighted by Gasteiger charge is 2.21. The molecule has 1 amide bonds. The first kappa shape index (κ1) is 26.9. The van der Waals surface area contributed by atoms with Gasteiger partial charge >= 0.3 is 0 Å². The number of benzene rings is 2. The summed E-state index contributed by atoms with van der Waals surface area (Å²) in [4.78, 5) is 25.9. The molecule has 0 saturated heterocycles. The van der Waals surface area contributed by atoms with E-state index in [1.54, 1.807) is 18.2 Å². The Kier molecular flexibility index (Phi) is 8.89. The highest BCUT2D eigenvalue weighted by molar-refractivity contribution is 5.84. The van der Waals surface area contributed by atoms with Gasteiger partial charge in [-0.05, 0) is 47.7 Å². The minimum absolute atomic E-state index is 0.137. The van der Waals surface area contributed by atoms with E-state index >= 15 is 0 Å². The zero-order valence-electron chi connectivity index (χ0n) is 21.9. The van der Waals surface area contributed by atoms with Crippen LogP contribution in [0.5, 0.6) is 0 Å². The summed E-state index contributed by atoms with van der Waals surface area (Å²) in [7, 11) is 0. The van der Waals surface area contributed by atoms with E-state index in [9.17, 15) is 10.1 Å². The van der Waals surface area contributed by atoms with Crippen LogP contribution in [-0.2, 0) is 17.9 Å². The molecule has 3 N–H and O–H groups in total. The van der Waals surface area contributed by atoms with Crippen molar-refractivity contribution in [2.75, 3.05) is 10.6 Å². The lowest BCUT2D eigenvalue weighted by Gasteiger charge is -2.21. The Morgan fingerprint density at radius 3 is 2.49 bits per heavy atom. The van der Waals surface area contributed by atoms with Gasteiger partial charge in [0, 0.05) is 31.5 Å². The van der Waals surface area contributed by atoms with Gasteiger partial charge in [-0.25, -0.2) is 4.85 Å². The summed E-state index contributed by atoms with van der Waals surface area (Å²) in [6.07, 6.45) is 4.39. The zero-order chi connectivity index (χ0) is 27.6. The van der Waals surface area contributed by atoms with Gasteiger partial charge in [0.2, 0.25) is 11.9 Å². The van der Waals surface area contributed by atoms with Gasteiger partial charge in [0.05, 0.1) is 18.2 Å². The molecule has 9 nitrogen and oxygen atoms in total. The second kappa shape index (κ2) is 12.9. The van der Waals surface area contributed by atoms with Gasteiger partial charge in [-0.2, -0.15) is 15.2 Å². The smallest absolute Gasteiger partial charge is 0.242 e. The molecule has 1 unspecified atom stereocenters. The molecule has 0 aliphatic heterocycles. The number of aromatic nitrogens is 3. The Hall–Kier alpha value is -5.15. The fourth-order valence-electron chi connectivity index (χ4n) is 4.02. The van der Waals surface area contributed by atoms with Gasteiger partial charge in [-0.15, -0.1) is 0 Å². The molecule has 0 aliphatic carbocycles. The van der Waals surface area contributed by atoms with Gasteiger partial charge in [0.25, 0.3) is 0 Å². The van der Waals surface area contributed by atoms with Crippen LogP contribution in [0.25, 0.3) is 10.7 Å². The lowest BCUT2D eigenvalue weighted by atomic mass is 10.0. The third-order valence-corrected chi connectivity index (χ3v) is 5.97. The zero-order valence-corrected chi connectivity index (χ0v) is 21.9. The van der Waals surface area contributed by atoms with E-state index in [-0.39, 0.29) is 11.8 Å². The number of nitrogens with one attached hydrogen (secondary N) is 3. The van der Waals surface area contributed by atoms with Crippen molar-refractivity contribution in [1.29, 1.82) is 5.26 Å². The Bertz CT molecular complexity index is 1480. The SMILES string of the molecule is [C-]#[N+]c1ccc(CNC(=O)C(CC(C)C)Nc2cc(-n3cccc3)nc(NCc3cccc(C#N)c3)n2)cc1. The first-order chi connectivity index (χ1) is 18.9. The van der Waals surface area contributed by atoms with Crippen molar-refractivity contribution in [2.45, 2.75) is 39.4 Å². The van der Waals surface area contributed by atoms with Crippen LogP contribution in [0.1, 0.15) is 37.0 Å². The quantitative estimate of drug-likeness (QED) is 0.228. The van der Waals surface area contributed by atoms with Gasteiger partial charge in [0.1, 0.15) is 17.7 Å². The molecular formula is C30H30N8O. The van der Waals surface area contributed by atoms with Crippen LogP contribution < -0.4 is 16.0 Å². The first-order valence-electron chi connectivity index (χ1n) is 12.7. The molecular weight excluding hydrogens is 488 g/mol. The predicted octanol–water partition coefficient (Wildman–Crippen LogP) is 5.44. The number of anilines is 2. The van der Waals surface area contributed by atoms with Crippen LogP contribution in [0.4, 0.5) is 17.5 Å². The standard InChI is InChI=1S/C30H30N8O/c1-21(2)15-26(29(39)33-19-22-9-11-25(32-3)12-10-22)35-27-17-28(38-13-4-5-14-38)37-30(36-27)34-20-24-8-6-7-23(16-24)18-31/h4-14,16-17,21,26H,15,19-20H2,1-2H3,(H,33,39)(H2,34,35,36,37). The van der Waals surface area contributed by atoms with Gasteiger partial charge in [0.15, 0.2) is 5.69 Å². The predicted molar refractivity (Wildman–Crippen MR) is 151 cm³/mol. The molecule has 2 heterocycles. The molecule has 39 heavy (non-hydrogen) atoms. The van der Waals surface area contributed by atoms with Crippen molar-refractivity contribution < 1.29 is 4.79 Å². The lowest BCUT2D eigenvalue weighted by molar-refractivity contribution is -0.122. The first-order valence-corrected chi connectivity index (χ1v) is 12.7. The van der Waals surface area contributed by atoms with Crippen molar-refractivity contribution >= 4 is 23.4 Å². The fraction of sp³-hybridized carbons (Fsp3) is 0.233. The van der Waals surface area contributed by atoms with Crippen LogP contribution in [0.2, 0.25) is 0 Å². The number of nitriles is 1. The van der Waals surface area contributed by atoms with E-state index in [4.69, 9.17) is 6.57 Å². The number of nitrogens with zero attached hydrogens (tertiary/aromatic N) is 5. The summed E-state index contributed by atoms with van der Waals surface area (Å²) in [5, 5.41) is 18.8. The number of carbonyl (C=O) groups is 1. The van der Waals surface area contributed by atoms with Crippen LogP contribution in [0, 0.1) is 23.8 Å². The molecule has 0 fully saturated rings. The van der Waals surface area contributed by atoms with E-state index in [0.717, 1.165) is 11.1 Å². The van der Waals surface area contributed by atoms with Crippen LogP contribution in [-0.4, -0.2) is 26.5 Å². The molecule has 0 radical (unpaired) electrons. The summed E-state index contributed by atoms with van der Waals surface area (Å²) in [5.41, 5.74) is 3.00. The number of rotatable bonds is 11. The molecule has 0 aliphatic rings. The van der Waals surface area contributed by atoms with E-state index in [1.165, 1.54) is 0 Å². The van der Waals surface area contributed by atoms with Crippen molar-refractivity contribution in [3.8, 4) is 11.9 Å². The molecule has 1 atom stereocenters. The van der Waals surface area contributed by atoms with Crippen molar-refractivity contribution in [1.82, 2.24) is 19.9 Å². The molecule has 0 saturated carbocycles. The normalized spacial score (nSPS) is 11.3. The molecule has 0 spiro atoms. The van der Waals surface area contributed by atoms with Crippen molar-refractivity contribution in [3.05, 3.63) is 107 Å². The second-order valence-corrected chi connectivity index (χ2v) is 9.51. The third kappa shape index (κ3) is 7.67. The monoisotopic (exact) mass is 518 g/mol. The summed E-state index contributed by atoms with van der Waals surface area (Å²) >= 11 is 0. The summed E-state index contributed by atoms with van der Waals surface area (Å²) < 4.78 is 1.87. The average molecular weight is 519 g/mol. The number of amides is 1. The summed E-state index contributed by atoms with van der Waals surface area (Å²) in [6.45, 7) is 12.0. The number of hydrogen-bond acceptors (Lipinski definition) is 6. The molecule has 4 rings (SSSR count). The minimum Gasteiger partial charge on any atom is -0.358 e. The van der Waals surface area contributed by atoms with Gasteiger partial charge in [-0.3, -0.25) is 4.79 Å². The Labute approximate surface area is 228 Å². The fourth-order valence-corrected chi connectivity index (χ4v) is 4.02. The highest BCUT2D eigenvalue weighted by Crippen LogP contribution is 2.19. The van der Waals surface area contributed by atoms with Gasteiger partial charge in [-0.1, -0.05) is 50.2 Å². The highest BCUT2D eigenvalue weighted by atomic mass is 16.2. The Balaban J connectivity index is 1.53. The molecule has 2 aromatic heterocycles. The maximum absolute atomic E-state index is 13.2. The number of hydrogen-bond donors (Lipinski definition) is 3. The largest absolute Gasteiger partial charge is 0.358 e. The second-order valence-electron chi connectivity index (χ2n) is 9.51. The molecule has 196 valence electrons. The van der Waals surface area contributed by atoms with Crippen molar-refractivity contribution in [3.63, 3.8) is 0 Å². The lowest BCUT2D eigenvalue weighted by Crippen LogP contribution is -2.40. The number of carbonyl (C=O) groups excluding carboxylic acids is 1. The molecule has 2 aromatic carbocycles. The molecule has 4 aromatic rings. The third-order valence-electron chi connectivity index (χ3n) is 5.97. The summed E-state index contributed by atoms with van der Waals surface area (Å²) in [5.74, 6) is 1.69. The van der Waals surface area contributed by atoms with Gasteiger partial charge < -0.3 is 20.5 Å². The van der Waals surface area contributed by atoms with Crippen molar-refractivity contribution in [2.24, 2.45) is 5.92 Å². The average Bonchev–Trinajstić information content (AvgIpc) is 3.50. The van der Waals surface area contributed by atoms with E-state index in [2.05, 4.69) is 50.7 Å². The van der Waals surface area contributed by atoms with Crippen LogP contribution >= 0.6 is 0 Å². The maximum Gasteiger partial charge on any atom is 0.242 e. The molecule has 9 heteroatoms. The van der Waals surface area contributed by atoms with E-state index in [0.29, 0.717) is 48.3 Å². The Morgan fingerprint density at radius 1 is 1.03 bits per heavy atom. The van der Waals surface area contributed by atoms with Crippen LogP contribution in [0.3, 0.4) is 0 Å². The summed E-state index contributed by atoms with van der Waals surface area (Å²) in [6, 6.07) is 21.8. The van der Waals surface area contributed by atoms with Crippen LogP contribution in [0.15, 0.2) is 79.1 Å². The maximum atomic E-state index is 13.2. The van der Waals surface area contributed by atoms with E-state index in [1.807, 2.05) is 65.5 Å². The Morgan fingerprint density at radius 2 is 1.79 bits per heavy atom.